The van der Waals surface area contributed by atoms with E-state index in [2.05, 4.69) is 15.1 Å². The van der Waals surface area contributed by atoms with E-state index in [1.54, 1.807) is 0 Å². The second-order valence-electron chi connectivity index (χ2n) is 7.09. The van der Waals surface area contributed by atoms with Crippen LogP contribution >= 0.6 is 0 Å². The van der Waals surface area contributed by atoms with Crippen LogP contribution in [0.15, 0.2) is 48.5 Å². The van der Waals surface area contributed by atoms with E-state index in [-0.39, 0.29) is 5.91 Å². The molecule has 5 heteroatoms. The fourth-order valence-corrected chi connectivity index (χ4v) is 3.37. The molecule has 2 aromatic carbocycles. The van der Waals surface area contributed by atoms with Crippen LogP contribution in [-0.4, -0.2) is 61.6 Å². The molecule has 2 aromatic rings. The molecular formula is C22H29N3O2. The standard InChI is InChI=1S/C22H29N3O2/c1-18-7-6-8-19(2)22(18)23-21(26)17-25-13-11-24(12-14-25)15-16-27-20-9-4-3-5-10-20/h3-10H,11-17H2,1-2H3,(H,23,26). The topological polar surface area (TPSA) is 44.8 Å². The predicted octanol–water partition coefficient (Wildman–Crippen LogP) is 2.94. The number of carbonyl (C=O) groups is 1. The van der Waals surface area contributed by atoms with Crippen molar-refractivity contribution in [2.75, 3.05) is 51.2 Å². The van der Waals surface area contributed by atoms with E-state index >= 15 is 0 Å². The SMILES string of the molecule is Cc1cccc(C)c1NC(=O)CN1CCN(CCOc2ccccc2)CC1. The summed E-state index contributed by atoms with van der Waals surface area (Å²) >= 11 is 0. The number of hydrogen-bond acceptors (Lipinski definition) is 4. The van der Waals surface area contributed by atoms with Crippen LogP contribution in [0.3, 0.4) is 0 Å². The van der Waals surface area contributed by atoms with Gasteiger partial charge in [-0.15, -0.1) is 0 Å². The van der Waals surface area contributed by atoms with E-state index in [4.69, 9.17) is 4.74 Å². The summed E-state index contributed by atoms with van der Waals surface area (Å²) in [5.41, 5.74) is 3.15. The molecule has 1 saturated heterocycles. The number of anilines is 1. The van der Waals surface area contributed by atoms with Gasteiger partial charge in [0.05, 0.1) is 6.54 Å². The van der Waals surface area contributed by atoms with Crippen molar-refractivity contribution >= 4 is 11.6 Å². The van der Waals surface area contributed by atoms with Gasteiger partial charge in [-0.1, -0.05) is 36.4 Å². The second kappa shape index (κ2) is 9.53. The van der Waals surface area contributed by atoms with Gasteiger partial charge in [-0.2, -0.15) is 0 Å². The summed E-state index contributed by atoms with van der Waals surface area (Å²) in [7, 11) is 0. The number of piperazine rings is 1. The molecule has 1 heterocycles. The third kappa shape index (κ3) is 5.81. The van der Waals surface area contributed by atoms with Crippen LogP contribution in [0.2, 0.25) is 0 Å². The van der Waals surface area contributed by atoms with Gasteiger partial charge in [0.25, 0.3) is 0 Å². The van der Waals surface area contributed by atoms with E-state index in [1.165, 1.54) is 0 Å². The minimum Gasteiger partial charge on any atom is -0.492 e. The van der Waals surface area contributed by atoms with E-state index in [0.29, 0.717) is 13.2 Å². The Labute approximate surface area is 161 Å². The number of hydrogen-bond donors (Lipinski definition) is 1. The fourth-order valence-electron chi connectivity index (χ4n) is 3.37. The molecule has 0 unspecified atom stereocenters. The molecule has 1 amide bonds. The van der Waals surface area contributed by atoms with Crippen molar-refractivity contribution in [1.82, 2.24) is 9.80 Å². The molecule has 144 valence electrons. The number of benzene rings is 2. The molecule has 0 aromatic heterocycles. The van der Waals surface area contributed by atoms with E-state index in [9.17, 15) is 4.79 Å². The van der Waals surface area contributed by atoms with Crippen LogP contribution in [-0.2, 0) is 4.79 Å². The highest BCUT2D eigenvalue weighted by Gasteiger charge is 2.19. The zero-order chi connectivity index (χ0) is 19.1. The zero-order valence-electron chi connectivity index (χ0n) is 16.3. The monoisotopic (exact) mass is 367 g/mol. The lowest BCUT2D eigenvalue weighted by molar-refractivity contribution is -0.117. The first kappa shape index (κ1) is 19.4. The molecule has 0 saturated carbocycles. The number of nitrogens with one attached hydrogen (secondary N) is 1. The molecule has 0 radical (unpaired) electrons. The first-order valence-corrected chi connectivity index (χ1v) is 9.60. The van der Waals surface area contributed by atoms with Crippen molar-refractivity contribution < 1.29 is 9.53 Å². The Morgan fingerprint density at radius 2 is 1.56 bits per heavy atom. The lowest BCUT2D eigenvalue weighted by atomic mass is 10.1. The summed E-state index contributed by atoms with van der Waals surface area (Å²) in [6.45, 7) is 9.86. The Kier molecular flexibility index (Phi) is 6.85. The maximum absolute atomic E-state index is 12.4. The Morgan fingerprint density at radius 1 is 0.926 bits per heavy atom. The Morgan fingerprint density at radius 3 is 2.22 bits per heavy atom. The van der Waals surface area contributed by atoms with Gasteiger partial charge >= 0.3 is 0 Å². The number of carbonyl (C=O) groups excluding carboxylic acids is 1. The summed E-state index contributed by atoms with van der Waals surface area (Å²) in [5, 5.41) is 3.08. The number of para-hydroxylation sites is 2. The minimum absolute atomic E-state index is 0.0632. The Bertz CT molecular complexity index is 720. The molecular weight excluding hydrogens is 338 g/mol. The molecule has 1 aliphatic heterocycles. The van der Waals surface area contributed by atoms with Crippen LogP contribution in [0.25, 0.3) is 0 Å². The minimum atomic E-state index is 0.0632. The van der Waals surface area contributed by atoms with E-state index < -0.39 is 0 Å². The van der Waals surface area contributed by atoms with Crippen LogP contribution in [0.1, 0.15) is 11.1 Å². The first-order valence-electron chi connectivity index (χ1n) is 9.60. The Hall–Kier alpha value is -2.37. The summed E-state index contributed by atoms with van der Waals surface area (Å²) in [6, 6.07) is 16.0. The fraction of sp³-hybridized carbons (Fsp3) is 0.409. The maximum Gasteiger partial charge on any atom is 0.238 e. The quantitative estimate of drug-likeness (QED) is 0.817. The summed E-state index contributed by atoms with van der Waals surface area (Å²) in [5.74, 6) is 0.979. The largest absolute Gasteiger partial charge is 0.492 e. The molecule has 0 atom stereocenters. The van der Waals surface area contributed by atoms with Crippen molar-refractivity contribution in [2.45, 2.75) is 13.8 Å². The van der Waals surface area contributed by atoms with Crippen LogP contribution < -0.4 is 10.1 Å². The molecule has 5 nitrogen and oxygen atoms in total. The van der Waals surface area contributed by atoms with Crippen LogP contribution in [0.4, 0.5) is 5.69 Å². The molecule has 27 heavy (non-hydrogen) atoms. The predicted molar refractivity (Wildman–Crippen MR) is 109 cm³/mol. The molecule has 1 fully saturated rings. The van der Waals surface area contributed by atoms with Gasteiger partial charge in [-0.3, -0.25) is 14.6 Å². The molecule has 1 aliphatic rings. The van der Waals surface area contributed by atoms with E-state index in [1.807, 2.05) is 62.4 Å². The summed E-state index contributed by atoms with van der Waals surface area (Å²) < 4.78 is 5.77. The molecule has 3 rings (SSSR count). The van der Waals surface area contributed by atoms with Gasteiger partial charge in [-0.25, -0.2) is 0 Å². The Balaban J connectivity index is 1.37. The number of aryl methyl sites for hydroxylation is 2. The molecule has 1 N–H and O–H groups in total. The smallest absolute Gasteiger partial charge is 0.238 e. The van der Waals surface area contributed by atoms with Gasteiger partial charge < -0.3 is 10.1 Å². The summed E-state index contributed by atoms with van der Waals surface area (Å²) in [4.78, 5) is 17.0. The van der Waals surface area contributed by atoms with Crippen molar-refractivity contribution in [1.29, 1.82) is 0 Å². The highest BCUT2D eigenvalue weighted by Crippen LogP contribution is 2.19. The van der Waals surface area contributed by atoms with Crippen molar-refractivity contribution in [3.05, 3.63) is 59.7 Å². The van der Waals surface area contributed by atoms with Crippen LogP contribution in [0.5, 0.6) is 5.75 Å². The number of ether oxygens (including phenoxy) is 1. The zero-order valence-corrected chi connectivity index (χ0v) is 16.3. The van der Waals surface area contributed by atoms with Gasteiger partial charge in [0.15, 0.2) is 0 Å². The van der Waals surface area contributed by atoms with Crippen molar-refractivity contribution in [3.8, 4) is 5.75 Å². The van der Waals surface area contributed by atoms with E-state index in [0.717, 1.165) is 55.3 Å². The normalized spacial score (nSPS) is 15.5. The van der Waals surface area contributed by atoms with Gasteiger partial charge in [-0.05, 0) is 37.1 Å². The average Bonchev–Trinajstić information content (AvgIpc) is 2.67. The highest BCUT2D eigenvalue weighted by atomic mass is 16.5. The number of rotatable bonds is 7. The molecule has 0 spiro atoms. The van der Waals surface area contributed by atoms with Gasteiger partial charge in [0, 0.05) is 38.4 Å². The van der Waals surface area contributed by atoms with Crippen molar-refractivity contribution in [3.63, 3.8) is 0 Å². The van der Waals surface area contributed by atoms with Gasteiger partial charge in [0.1, 0.15) is 12.4 Å². The third-order valence-electron chi connectivity index (χ3n) is 5.00. The third-order valence-corrected chi connectivity index (χ3v) is 5.00. The molecule has 0 aliphatic carbocycles. The van der Waals surface area contributed by atoms with Gasteiger partial charge in [0.2, 0.25) is 5.91 Å². The second-order valence-corrected chi connectivity index (χ2v) is 7.09. The molecule has 0 bridgehead atoms. The first-order chi connectivity index (χ1) is 13.1. The van der Waals surface area contributed by atoms with Crippen molar-refractivity contribution in [2.24, 2.45) is 0 Å². The van der Waals surface area contributed by atoms with Crippen LogP contribution in [0, 0.1) is 13.8 Å². The number of nitrogens with zero attached hydrogens (tertiary/aromatic N) is 2. The lowest BCUT2D eigenvalue weighted by Crippen LogP contribution is -2.49. The maximum atomic E-state index is 12.4. The lowest BCUT2D eigenvalue weighted by Gasteiger charge is -2.34. The number of amides is 1. The highest BCUT2D eigenvalue weighted by molar-refractivity contribution is 5.93. The summed E-state index contributed by atoms with van der Waals surface area (Å²) in [6.07, 6.45) is 0. The average molecular weight is 367 g/mol.